The minimum Gasteiger partial charge on any atom is -0.481 e. The van der Waals surface area contributed by atoms with Crippen LogP contribution < -0.4 is 0 Å². The molecular weight excluding hydrogens is 454 g/mol. The van der Waals surface area contributed by atoms with E-state index in [-0.39, 0.29) is 0 Å². The Morgan fingerprint density at radius 3 is 1.19 bits per heavy atom. The van der Waals surface area contributed by atoms with Gasteiger partial charge < -0.3 is 10.0 Å². The first-order valence-electron chi connectivity index (χ1n) is 16.6. The molecule has 0 aliphatic rings. The molecular formula is C34H69NO2. The first-order chi connectivity index (χ1) is 18.0. The first-order valence-corrected chi connectivity index (χ1v) is 16.6. The normalized spacial score (nSPS) is 11.3. The minimum atomic E-state index is -0.664. The van der Waals surface area contributed by atoms with Crippen LogP contribution in [0.2, 0.25) is 0 Å². The molecule has 0 saturated carbocycles. The number of hydrogen-bond acceptors (Lipinski definition) is 2. The molecule has 0 atom stereocenters. The molecule has 0 aromatic heterocycles. The summed E-state index contributed by atoms with van der Waals surface area (Å²) in [6.45, 7) is 5.81. The number of carbonyl (C=O) groups is 1. The molecule has 0 spiro atoms. The second-order valence-electron chi connectivity index (χ2n) is 11.4. The molecule has 0 saturated heterocycles. The zero-order chi connectivity index (χ0) is 27.7. The van der Waals surface area contributed by atoms with Gasteiger partial charge in [-0.3, -0.25) is 4.79 Å². The lowest BCUT2D eigenvalue weighted by Crippen LogP contribution is -2.12. The van der Waals surface area contributed by atoms with Crippen molar-refractivity contribution < 1.29 is 9.90 Å². The second-order valence-corrected chi connectivity index (χ2v) is 11.4. The molecule has 0 fully saturated rings. The van der Waals surface area contributed by atoms with E-state index in [0.29, 0.717) is 6.42 Å². The second kappa shape index (κ2) is 35.2. The molecule has 0 rings (SSSR count). The fraction of sp³-hybridized carbons (Fsp3) is 0.912. The lowest BCUT2D eigenvalue weighted by molar-refractivity contribution is -0.137. The molecule has 37 heavy (non-hydrogen) atoms. The number of carboxylic acid groups (broad SMARTS) is 1. The first kappa shape index (κ1) is 38.3. The van der Waals surface area contributed by atoms with Gasteiger partial charge in [-0.05, 0) is 59.2 Å². The number of nitrogens with zero attached hydrogens (tertiary/aromatic N) is 1. The lowest BCUT2D eigenvalue weighted by atomic mass is 10.1. The summed E-state index contributed by atoms with van der Waals surface area (Å²) in [5.74, 6) is -0.664. The van der Waals surface area contributed by atoms with Crippen molar-refractivity contribution in [2.45, 2.75) is 181 Å². The molecule has 0 bridgehead atoms. The van der Waals surface area contributed by atoms with Crippen molar-refractivity contribution in [2.24, 2.45) is 0 Å². The predicted molar refractivity (Wildman–Crippen MR) is 167 cm³/mol. The largest absolute Gasteiger partial charge is 0.481 e. The molecule has 0 aromatic rings. The molecule has 0 unspecified atom stereocenters. The van der Waals surface area contributed by atoms with Crippen molar-refractivity contribution in [2.75, 3.05) is 20.6 Å². The minimum absolute atomic E-state index is 0.332. The Morgan fingerprint density at radius 1 is 0.514 bits per heavy atom. The molecule has 3 heteroatoms. The van der Waals surface area contributed by atoms with Gasteiger partial charge in [-0.1, -0.05) is 148 Å². The molecule has 0 aromatic carbocycles. The zero-order valence-corrected chi connectivity index (χ0v) is 26.0. The van der Waals surface area contributed by atoms with Crippen LogP contribution >= 0.6 is 0 Å². The van der Waals surface area contributed by atoms with E-state index >= 15 is 0 Å². The summed E-state index contributed by atoms with van der Waals surface area (Å²) in [7, 11) is 4.33. The maximum absolute atomic E-state index is 10.3. The number of rotatable bonds is 28. The van der Waals surface area contributed by atoms with E-state index in [1.807, 2.05) is 0 Å². The Morgan fingerprint density at radius 2 is 0.838 bits per heavy atom. The van der Waals surface area contributed by atoms with Gasteiger partial charge in [0.05, 0.1) is 0 Å². The highest BCUT2D eigenvalue weighted by Gasteiger charge is 1.96. The third kappa shape index (κ3) is 42.5. The van der Waals surface area contributed by atoms with Gasteiger partial charge in [-0.2, -0.15) is 0 Å². The molecule has 0 aliphatic heterocycles. The molecule has 0 radical (unpaired) electrons. The fourth-order valence-electron chi connectivity index (χ4n) is 4.62. The maximum Gasteiger partial charge on any atom is 0.303 e. The number of allylic oxidation sites excluding steroid dienone is 2. The highest BCUT2D eigenvalue weighted by atomic mass is 16.4. The SMILES string of the molecule is CCCCCCCC/C=C\CCCCCCCC(=O)O.CCCCCCCCCCCCCCN(C)C. The Kier molecular flexibility index (Phi) is 36.4. The lowest BCUT2D eigenvalue weighted by Gasteiger charge is -2.08. The Bertz CT molecular complexity index is 447. The van der Waals surface area contributed by atoms with Crippen LogP contribution in [0.5, 0.6) is 0 Å². The van der Waals surface area contributed by atoms with Gasteiger partial charge in [0.25, 0.3) is 0 Å². The molecule has 222 valence electrons. The molecule has 3 nitrogen and oxygen atoms in total. The number of unbranched alkanes of at least 4 members (excludes halogenated alkanes) is 22. The van der Waals surface area contributed by atoms with Crippen LogP contribution in [-0.2, 0) is 4.79 Å². The summed E-state index contributed by atoms with van der Waals surface area (Å²) in [5.41, 5.74) is 0. The van der Waals surface area contributed by atoms with Crippen molar-refractivity contribution in [1.82, 2.24) is 4.90 Å². The van der Waals surface area contributed by atoms with Crippen LogP contribution in [0.3, 0.4) is 0 Å². The van der Waals surface area contributed by atoms with Gasteiger partial charge in [0, 0.05) is 6.42 Å². The van der Waals surface area contributed by atoms with E-state index in [0.717, 1.165) is 12.8 Å². The summed E-state index contributed by atoms with van der Waals surface area (Å²) in [4.78, 5) is 12.6. The summed E-state index contributed by atoms with van der Waals surface area (Å²) in [5, 5.41) is 8.51. The Balaban J connectivity index is 0. The standard InChI is InChI=1S/C18H34O2.C16H35N/c1-2-3-4-5-6-7-8-9-10-11-12-13-14-15-16-17-18(19)20;1-4-5-6-7-8-9-10-11-12-13-14-15-16-17(2)3/h9-10H,2-8,11-17H2,1H3,(H,19,20);4-16H2,1-3H3/b10-9-;. The van der Waals surface area contributed by atoms with Crippen molar-refractivity contribution >= 4 is 5.97 Å². The number of aliphatic carboxylic acids is 1. The molecule has 0 heterocycles. The molecule has 0 aliphatic carbocycles. The topological polar surface area (TPSA) is 40.5 Å². The predicted octanol–water partition coefficient (Wildman–Crippen LogP) is 11.4. The monoisotopic (exact) mass is 524 g/mol. The van der Waals surface area contributed by atoms with E-state index in [1.54, 1.807) is 0 Å². The van der Waals surface area contributed by atoms with Gasteiger partial charge in [-0.15, -0.1) is 0 Å². The maximum atomic E-state index is 10.3. The van der Waals surface area contributed by atoms with E-state index in [4.69, 9.17) is 5.11 Å². The summed E-state index contributed by atoms with van der Waals surface area (Å²) in [6.07, 6.45) is 38.6. The van der Waals surface area contributed by atoms with Gasteiger partial charge in [0.1, 0.15) is 0 Å². The fourth-order valence-corrected chi connectivity index (χ4v) is 4.62. The average Bonchev–Trinajstić information content (AvgIpc) is 2.87. The molecule has 0 amide bonds. The van der Waals surface area contributed by atoms with Crippen LogP contribution in [-0.4, -0.2) is 36.6 Å². The number of hydrogen-bond donors (Lipinski definition) is 1. The summed E-state index contributed by atoms with van der Waals surface area (Å²) < 4.78 is 0. The third-order valence-corrected chi connectivity index (χ3v) is 7.11. The van der Waals surface area contributed by atoms with Crippen molar-refractivity contribution in [3.8, 4) is 0 Å². The zero-order valence-electron chi connectivity index (χ0n) is 26.0. The van der Waals surface area contributed by atoms with Gasteiger partial charge in [0.2, 0.25) is 0 Å². The van der Waals surface area contributed by atoms with Crippen LogP contribution in [0.25, 0.3) is 0 Å². The van der Waals surface area contributed by atoms with E-state index in [1.165, 1.54) is 154 Å². The van der Waals surface area contributed by atoms with Crippen LogP contribution in [0, 0.1) is 0 Å². The van der Waals surface area contributed by atoms with Gasteiger partial charge >= 0.3 is 5.97 Å². The van der Waals surface area contributed by atoms with Crippen LogP contribution in [0.4, 0.5) is 0 Å². The van der Waals surface area contributed by atoms with Gasteiger partial charge in [0.15, 0.2) is 0 Å². The smallest absolute Gasteiger partial charge is 0.303 e. The molecule has 1 N–H and O–H groups in total. The van der Waals surface area contributed by atoms with E-state index in [9.17, 15) is 4.79 Å². The summed E-state index contributed by atoms with van der Waals surface area (Å²) >= 11 is 0. The highest BCUT2D eigenvalue weighted by molar-refractivity contribution is 5.66. The third-order valence-electron chi connectivity index (χ3n) is 7.11. The van der Waals surface area contributed by atoms with Gasteiger partial charge in [-0.25, -0.2) is 0 Å². The van der Waals surface area contributed by atoms with Crippen molar-refractivity contribution in [3.63, 3.8) is 0 Å². The Labute approximate surface area is 234 Å². The highest BCUT2D eigenvalue weighted by Crippen LogP contribution is 2.12. The van der Waals surface area contributed by atoms with Crippen molar-refractivity contribution in [1.29, 1.82) is 0 Å². The quantitative estimate of drug-likeness (QED) is 0.0818. The summed E-state index contributed by atoms with van der Waals surface area (Å²) in [6, 6.07) is 0. The van der Waals surface area contributed by atoms with Crippen LogP contribution in [0.1, 0.15) is 181 Å². The van der Waals surface area contributed by atoms with Crippen LogP contribution in [0.15, 0.2) is 12.2 Å². The van der Waals surface area contributed by atoms with E-state index in [2.05, 4.69) is 45.0 Å². The number of carboxylic acids is 1. The average molecular weight is 524 g/mol. The Hall–Kier alpha value is -0.830. The van der Waals surface area contributed by atoms with Crippen molar-refractivity contribution in [3.05, 3.63) is 12.2 Å². The van der Waals surface area contributed by atoms with E-state index < -0.39 is 5.97 Å².